The van der Waals surface area contributed by atoms with E-state index in [0.29, 0.717) is 0 Å². The molecule has 0 amide bonds. The number of anilines is 2. The van der Waals surface area contributed by atoms with Gasteiger partial charge in [0, 0.05) is 51.0 Å². The molecule has 0 saturated carbocycles. The summed E-state index contributed by atoms with van der Waals surface area (Å²) < 4.78 is 0. The van der Waals surface area contributed by atoms with Crippen molar-refractivity contribution in [2.45, 2.75) is 25.8 Å². The minimum absolute atomic E-state index is 0.135. The summed E-state index contributed by atoms with van der Waals surface area (Å²) in [6, 6.07) is 2.03. The van der Waals surface area contributed by atoms with Gasteiger partial charge in [-0.3, -0.25) is 0 Å². The first-order valence-electron chi connectivity index (χ1n) is 7.93. The average Bonchev–Trinajstić information content (AvgIpc) is 2.75. The molecule has 116 valence electrons. The van der Waals surface area contributed by atoms with Crippen LogP contribution in [0, 0.1) is 0 Å². The van der Waals surface area contributed by atoms with E-state index in [1.807, 2.05) is 12.3 Å². The predicted octanol–water partition coefficient (Wildman–Crippen LogP) is 0.465. The van der Waals surface area contributed by atoms with E-state index < -0.39 is 0 Å². The number of nitrogens with one attached hydrogen (secondary N) is 2. The number of rotatable bonds is 2. The molecule has 2 aliphatic heterocycles. The highest BCUT2D eigenvalue weighted by atomic mass is 15.3. The second-order valence-electron chi connectivity index (χ2n) is 6.54. The van der Waals surface area contributed by atoms with Crippen molar-refractivity contribution in [3.8, 4) is 0 Å². The summed E-state index contributed by atoms with van der Waals surface area (Å²) in [5.74, 6) is 1.92. The minimum atomic E-state index is 0.135. The normalized spacial score (nSPS) is 23.0. The first-order valence-corrected chi connectivity index (χ1v) is 7.93. The molecule has 0 bridgehead atoms. The summed E-state index contributed by atoms with van der Waals surface area (Å²) in [4.78, 5) is 13.9. The number of hydrogen-bond acceptors (Lipinski definition) is 6. The van der Waals surface area contributed by atoms with Crippen LogP contribution in [0.5, 0.6) is 0 Å². The topological polar surface area (TPSA) is 56.3 Å². The van der Waals surface area contributed by atoms with Gasteiger partial charge in [-0.05, 0) is 32.9 Å². The molecule has 0 spiro atoms. The Bertz CT molecular complexity index is 467. The standard InChI is InChI=1S/C15H26N6/c1-15(2)12-21(11-8-18-15)13-4-6-17-14(19-13)20-9-3-5-16-7-10-20/h4,6,16,18H,3,5,7-12H2,1-2H3. The van der Waals surface area contributed by atoms with Gasteiger partial charge < -0.3 is 20.4 Å². The van der Waals surface area contributed by atoms with Gasteiger partial charge in [-0.25, -0.2) is 4.98 Å². The zero-order valence-corrected chi connectivity index (χ0v) is 13.1. The summed E-state index contributed by atoms with van der Waals surface area (Å²) in [7, 11) is 0. The first-order chi connectivity index (χ1) is 10.1. The molecular weight excluding hydrogens is 264 g/mol. The first kappa shape index (κ1) is 14.5. The number of aromatic nitrogens is 2. The van der Waals surface area contributed by atoms with Crippen molar-refractivity contribution in [1.82, 2.24) is 20.6 Å². The van der Waals surface area contributed by atoms with Crippen LogP contribution in [0.3, 0.4) is 0 Å². The molecule has 0 atom stereocenters. The third-order valence-electron chi connectivity index (χ3n) is 4.15. The molecule has 0 aliphatic carbocycles. The molecule has 0 radical (unpaired) electrons. The lowest BCUT2D eigenvalue weighted by atomic mass is 10.0. The van der Waals surface area contributed by atoms with E-state index in [1.54, 1.807) is 0 Å². The Balaban J connectivity index is 1.76. The van der Waals surface area contributed by atoms with Crippen LogP contribution in [0.4, 0.5) is 11.8 Å². The van der Waals surface area contributed by atoms with Crippen molar-refractivity contribution >= 4 is 11.8 Å². The maximum atomic E-state index is 4.81. The SMILES string of the molecule is CC1(C)CN(c2ccnc(N3CCCNCC3)n2)CCN1. The Labute approximate surface area is 126 Å². The Morgan fingerprint density at radius 2 is 1.95 bits per heavy atom. The van der Waals surface area contributed by atoms with Gasteiger partial charge in [-0.1, -0.05) is 0 Å². The minimum Gasteiger partial charge on any atom is -0.353 e. The van der Waals surface area contributed by atoms with Crippen molar-refractivity contribution in [3.63, 3.8) is 0 Å². The lowest BCUT2D eigenvalue weighted by molar-refractivity contribution is 0.351. The molecule has 0 aromatic carbocycles. The van der Waals surface area contributed by atoms with E-state index in [9.17, 15) is 0 Å². The molecule has 6 nitrogen and oxygen atoms in total. The third kappa shape index (κ3) is 3.63. The van der Waals surface area contributed by atoms with Gasteiger partial charge in [0.05, 0.1) is 0 Å². The molecule has 2 saturated heterocycles. The van der Waals surface area contributed by atoms with Crippen LogP contribution in [0.25, 0.3) is 0 Å². The maximum Gasteiger partial charge on any atom is 0.227 e. The summed E-state index contributed by atoms with van der Waals surface area (Å²) in [5.41, 5.74) is 0.135. The van der Waals surface area contributed by atoms with Crippen molar-refractivity contribution in [3.05, 3.63) is 12.3 Å². The zero-order chi connectivity index (χ0) is 14.7. The molecule has 1 aromatic heterocycles. The number of nitrogens with zero attached hydrogens (tertiary/aromatic N) is 4. The molecule has 2 N–H and O–H groups in total. The summed E-state index contributed by atoms with van der Waals surface area (Å²) in [5, 5.41) is 6.96. The van der Waals surface area contributed by atoms with Crippen molar-refractivity contribution in [2.24, 2.45) is 0 Å². The van der Waals surface area contributed by atoms with Crippen molar-refractivity contribution < 1.29 is 0 Å². The largest absolute Gasteiger partial charge is 0.353 e. The third-order valence-corrected chi connectivity index (χ3v) is 4.15. The second kappa shape index (κ2) is 6.15. The smallest absolute Gasteiger partial charge is 0.227 e. The highest BCUT2D eigenvalue weighted by Gasteiger charge is 2.26. The summed E-state index contributed by atoms with van der Waals surface area (Å²) in [6.45, 7) is 11.6. The fourth-order valence-corrected chi connectivity index (χ4v) is 3.05. The van der Waals surface area contributed by atoms with Gasteiger partial charge in [0.2, 0.25) is 5.95 Å². The quantitative estimate of drug-likeness (QED) is 0.825. The van der Waals surface area contributed by atoms with Crippen LogP contribution >= 0.6 is 0 Å². The number of hydrogen-bond donors (Lipinski definition) is 2. The van der Waals surface area contributed by atoms with Crippen LogP contribution in [0.1, 0.15) is 20.3 Å². The monoisotopic (exact) mass is 290 g/mol. The molecule has 6 heteroatoms. The Morgan fingerprint density at radius 3 is 2.81 bits per heavy atom. The van der Waals surface area contributed by atoms with Crippen LogP contribution in [-0.2, 0) is 0 Å². The Kier molecular flexibility index (Phi) is 4.26. The summed E-state index contributed by atoms with van der Waals surface area (Å²) in [6.07, 6.45) is 3.04. The predicted molar refractivity (Wildman–Crippen MR) is 86.0 cm³/mol. The van der Waals surface area contributed by atoms with Crippen LogP contribution in [0.2, 0.25) is 0 Å². The van der Waals surface area contributed by atoms with Gasteiger partial charge in [-0.2, -0.15) is 4.98 Å². The second-order valence-corrected chi connectivity index (χ2v) is 6.54. The van der Waals surface area contributed by atoms with Gasteiger partial charge in [0.1, 0.15) is 5.82 Å². The lowest BCUT2D eigenvalue weighted by Gasteiger charge is -2.39. The molecule has 1 aromatic rings. The highest BCUT2D eigenvalue weighted by molar-refractivity contribution is 5.45. The molecular formula is C15H26N6. The fraction of sp³-hybridized carbons (Fsp3) is 0.733. The van der Waals surface area contributed by atoms with Crippen LogP contribution in [-0.4, -0.2) is 61.3 Å². The van der Waals surface area contributed by atoms with E-state index >= 15 is 0 Å². The zero-order valence-electron chi connectivity index (χ0n) is 13.1. The van der Waals surface area contributed by atoms with Gasteiger partial charge in [0.15, 0.2) is 0 Å². The summed E-state index contributed by atoms with van der Waals surface area (Å²) >= 11 is 0. The van der Waals surface area contributed by atoms with Gasteiger partial charge in [0.25, 0.3) is 0 Å². The van der Waals surface area contributed by atoms with Crippen LogP contribution in [0.15, 0.2) is 12.3 Å². The fourth-order valence-electron chi connectivity index (χ4n) is 3.05. The molecule has 21 heavy (non-hydrogen) atoms. The van der Waals surface area contributed by atoms with E-state index in [0.717, 1.165) is 64.0 Å². The number of piperazine rings is 1. The van der Waals surface area contributed by atoms with Crippen LogP contribution < -0.4 is 20.4 Å². The maximum absolute atomic E-state index is 4.81. The van der Waals surface area contributed by atoms with Crippen molar-refractivity contribution in [1.29, 1.82) is 0 Å². The van der Waals surface area contributed by atoms with E-state index in [4.69, 9.17) is 4.98 Å². The molecule has 0 unspecified atom stereocenters. The van der Waals surface area contributed by atoms with E-state index in [2.05, 4.69) is 39.3 Å². The highest BCUT2D eigenvalue weighted by Crippen LogP contribution is 2.20. The van der Waals surface area contributed by atoms with Gasteiger partial charge in [-0.15, -0.1) is 0 Å². The van der Waals surface area contributed by atoms with E-state index in [-0.39, 0.29) is 5.54 Å². The molecule has 2 aliphatic rings. The molecule has 2 fully saturated rings. The molecule has 3 rings (SSSR count). The Hall–Kier alpha value is -1.40. The van der Waals surface area contributed by atoms with Crippen molar-refractivity contribution in [2.75, 3.05) is 55.6 Å². The lowest BCUT2D eigenvalue weighted by Crippen LogP contribution is -2.57. The molecule has 3 heterocycles. The van der Waals surface area contributed by atoms with E-state index in [1.165, 1.54) is 0 Å². The van der Waals surface area contributed by atoms with Gasteiger partial charge >= 0.3 is 0 Å². The Morgan fingerprint density at radius 1 is 1.10 bits per heavy atom. The average molecular weight is 290 g/mol.